The van der Waals surface area contributed by atoms with Crippen LogP contribution in [0.15, 0.2) is 32.4 Å². The van der Waals surface area contributed by atoms with Crippen LogP contribution in [0.2, 0.25) is 0 Å². The molecule has 0 fully saturated rings. The lowest BCUT2D eigenvalue weighted by Crippen LogP contribution is -2.29. The minimum Gasteiger partial charge on any atom is -0.289 e. The Morgan fingerprint density at radius 2 is 1.65 bits per heavy atom. The van der Waals surface area contributed by atoms with Crippen molar-refractivity contribution in [2.24, 2.45) is 9.98 Å². The Morgan fingerprint density at radius 3 is 2.24 bits per heavy atom. The summed E-state index contributed by atoms with van der Waals surface area (Å²) < 4.78 is 0. The van der Waals surface area contributed by atoms with Crippen LogP contribution < -0.4 is 0 Å². The molecule has 0 bridgehead atoms. The Bertz CT molecular complexity index is 560. The highest BCUT2D eigenvalue weighted by Gasteiger charge is 2.32. The van der Waals surface area contributed by atoms with Crippen molar-refractivity contribution >= 4 is 23.1 Å². The second-order valence-electron chi connectivity index (χ2n) is 4.21. The molecule has 2 aliphatic heterocycles. The number of hydrogen-bond donors (Lipinski definition) is 0. The maximum absolute atomic E-state index is 12.2. The van der Waals surface area contributed by atoms with E-state index in [4.69, 9.17) is 0 Å². The molecule has 0 aromatic rings. The average Bonchev–Trinajstić information content (AvgIpc) is 2.26. The quantitative estimate of drug-likeness (QED) is 0.691. The van der Waals surface area contributed by atoms with Crippen LogP contribution in [0.25, 0.3) is 0 Å². The zero-order chi connectivity index (χ0) is 12.7. The number of nitrogens with zero attached hydrogens (tertiary/aromatic N) is 2. The van der Waals surface area contributed by atoms with E-state index >= 15 is 0 Å². The van der Waals surface area contributed by atoms with Crippen molar-refractivity contribution in [1.82, 2.24) is 0 Å². The topological polar surface area (TPSA) is 58.9 Å². The predicted molar refractivity (Wildman–Crippen MR) is 66.2 cm³/mol. The summed E-state index contributed by atoms with van der Waals surface area (Å²) in [6.07, 6.45) is 0.620. The molecule has 0 N–H and O–H groups in total. The highest BCUT2D eigenvalue weighted by molar-refractivity contribution is 6.52. The third kappa shape index (κ3) is 1.60. The first-order valence-corrected chi connectivity index (χ1v) is 5.61. The van der Waals surface area contributed by atoms with Crippen LogP contribution in [0, 0.1) is 0 Å². The molecule has 0 radical (unpaired) electrons. The van der Waals surface area contributed by atoms with E-state index in [-0.39, 0.29) is 11.6 Å². The molecular weight excluding hydrogens is 216 g/mol. The van der Waals surface area contributed by atoms with E-state index in [1.807, 2.05) is 6.92 Å². The van der Waals surface area contributed by atoms with Gasteiger partial charge in [-0.3, -0.25) is 9.59 Å². The smallest absolute Gasteiger partial charge is 0.203 e. The van der Waals surface area contributed by atoms with Gasteiger partial charge < -0.3 is 0 Å². The summed E-state index contributed by atoms with van der Waals surface area (Å²) in [5, 5.41) is 0. The van der Waals surface area contributed by atoms with Crippen LogP contribution in [0.3, 0.4) is 0 Å². The Hall–Kier alpha value is -1.84. The summed E-state index contributed by atoms with van der Waals surface area (Å²) in [5.41, 5.74) is 2.61. The first kappa shape index (κ1) is 11.6. The Kier molecular flexibility index (Phi) is 2.65. The Labute approximate surface area is 99.8 Å². The Balaban J connectivity index is 2.69. The van der Waals surface area contributed by atoms with Gasteiger partial charge in [-0.15, -0.1) is 0 Å². The van der Waals surface area contributed by atoms with Gasteiger partial charge in [0, 0.05) is 16.8 Å². The van der Waals surface area contributed by atoms with Gasteiger partial charge >= 0.3 is 0 Å². The highest BCUT2D eigenvalue weighted by atomic mass is 16.1. The van der Waals surface area contributed by atoms with Crippen molar-refractivity contribution in [2.75, 3.05) is 0 Å². The summed E-state index contributed by atoms with van der Waals surface area (Å²) in [7, 11) is 0. The molecule has 0 unspecified atom stereocenters. The second-order valence-corrected chi connectivity index (χ2v) is 4.21. The third-order valence-corrected chi connectivity index (χ3v) is 3.11. The van der Waals surface area contributed by atoms with E-state index in [2.05, 4.69) is 9.98 Å². The zero-order valence-electron chi connectivity index (χ0n) is 10.4. The maximum atomic E-state index is 12.2. The van der Waals surface area contributed by atoms with Crippen LogP contribution in [0.1, 0.15) is 34.1 Å². The van der Waals surface area contributed by atoms with Crippen LogP contribution in [0.5, 0.6) is 0 Å². The molecule has 2 heterocycles. The number of allylic oxidation sites excluding steroid dienone is 3. The van der Waals surface area contributed by atoms with E-state index in [0.29, 0.717) is 40.4 Å². The third-order valence-electron chi connectivity index (χ3n) is 3.11. The van der Waals surface area contributed by atoms with E-state index < -0.39 is 0 Å². The van der Waals surface area contributed by atoms with Crippen LogP contribution in [0.4, 0.5) is 0 Å². The number of amidine groups is 1. The standard InChI is InChI=1S/C13H14N2O2/c1-5-9-7(3)14-13-10(12(9)17)6(2)11(16)8(4)15-13/h5H2,1-4H3. The van der Waals surface area contributed by atoms with Crippen molar-refractivity contribution in [1.29, 1.82) is 0 Å². The summed E-state index contributed by atoms with van der Waals surface area (Å²) >= 11 is 0. The number of hydrogen-bond acceptors (Lipinski definition) is 4. The van der Waals surface area contributed by atoms with Gasteiger partial charge in [-0.1, -0.05) is 6.92 Å². The number of rotatable bonds is 1. The van der Waals surface area contributed by atoms with E-state index in [1.54, 1.807) is 20.8 Å². The number of dihydropyridines is 1. The van der Waals surface area contributed by atoms with Crippen LogP contribution in [-0.4, -0.2) is 23.1 Å². The number of carbonyl (C=O) groups excluding carboxylic acids is 2. The number of ketones is 2. The minimum absolute atomic E-state index is 0.0999. The van der Waals surface area contributed by atoms with Crippen molar-refractivity contribution in [3.05, 3.63) is 22.4 Å². The molecule has 0 atom stereocenters. The molecule has 2 aliphatic rings. The molecule has 0 saturated heterocycles. The largest absolute Gasteiger partial charge is 0.289 e. The second kappa shape index (κ2) is 3.87. The fraction of sp³-hybridized carbons (Fsp3) is 0.385. The highest BCUT2D eigenvalue weighted by Crippen LogP contribution is 2.27. The van der Waals surface area contributed by atoms with Gasteiger partial charge in [0.1, 0.15) is 0 Å². The molecule has 4 heteroatoms. The van der Waals surface area contributed by atoms with Crippen LogP contribution >= 0.6 is 0 Å². The van der Waals surface area contributed by atoms with Crippen LogP contribution in [-0.2, 0) is 9.59 Å². The molecule has 0 saturated carbocycles. The minimum atomic E-state index is -0.165. The molecular formula is C13H14N2O2. The van der Waals surface area contributed by atoms with Gasteiger partial charge in [-0.25, -0.2) is 9.98 Å². The lowest BCUT2D eigenvalue weighted by molar-refractivity contribution is -0.113. The average molecular weight is 230 g/mol. The molecule has 2 rings (SSSR count). The lowest BCUT2D eigenvalue weighted by Gasteiger charge is -2.21. The van der Waals surface area contributed by atoms with Gasteiger partial charge in [-0.2, -0.15) is 0 Å². The predicted octanol–water partition coefficient (Wildman–Crippen LogP) is 2.01. The SMILES string of the molecule is CCC1=C(C)N=C2N=C(C)C(=O)C(C)=C2C1=O. The monoisotopic (exact) mass is 230 g/mol. The molecule has 4 nitrogen and oxygen atoms in total. The number of fused-ring (bicyclic) bond motifs is 1. The molecule has 88 valence electrons. The van der Waals surface area contributed by atoms with E-state index in [0.717, 1.165) is 0 Å². The normalized spacial score (nSPS) is 20.5. The van der Waals surface area contributed by atoms with Crippen molar-refractivity contribution in [3.63, 3.8) is 0 Å². The Morgan fingerprint density at radius 1 is 1.00 bits per heavy atom. The summed E-state index contributed by atoms with van der Waals surface area (Å²) in [5.74, 6) is 0.124. The van der Waals surface area contributed by atoms with Crippen molar-refractivity contribution in [3.8, 4) is 0 Å². The first-order valence-electron chi connectivity index (χ1n) is 5.61. The molecule has 0 amide bonds. The summed E-state index contributed by atoms with van der Waals surface area (Å²) in [6.45, 7) is 7.02. The number of carbonyl (C=O) groups is 2. The number of Topliss-reactive ketones (excluding diaryl/α,β-unsaturated/α-hetero) is 2. The van der Waals surface area contributed by atoms with E-state index in [9.17, 15) is 9.59 Å². The fourth-order valence-corrected chi connectivity index (χ4v) is 2.13. The fourth-order valence-electron chi connectivity index (χ4n) is 2.13. The van der Waals surface area contributed by atoms with Gasteiger partial charge in [0.25, 0.3) is 0 Å². The summed E-state index contributed by atoms with van der Waals surface area (Å²) in [4.78, 5) is 32.5. The zero-order valence-corrected chi connectivity index (χ0v) is 10.4. The molecule has 0 aromatic carbocycles. The lowest BCUT2D eigenvalue weighted by atomic mass is 9.89. The van der Waals surface area contributed by atoms with Crippen molar-refractivity contribution < 1.29 is 9.59 Å². The molecule has 0 aromatic heterocycles. The van der Waals surface area contributed by atoms with Gasteiger partial charge in [-0.05, 0) is 27.2 Å². The van der Waals surface area contributed by atoms with Crippen molar-refractivity contribution in [2.45, 2.75) is 34.1 Å². The number of aliphatic imine (C=N–C) groups is 2. The first-order chi connectivity index (χ1) is 7.97. The van der Waals surface area contributed by atoms with Gasteiger partial charge in [0.05, 0.1) is 11.3 Å². The van der Waals surface area contributed by atoms with Gasteiger partial charge in [0.2, 0.25) is 5.78 Å². The maximum Gasteiger partial charge on any atom is 0.203 e. The molecule has 0 spiro atoms. The molecule has 17 heavy (non-hydrogen) atoms. The summed E-state index contributed by atoms with van der Waals surface area (Å²) in [6, 6.07) is 0. The van der Waals surface area contributed by atoms with Gasteiger partial charge in [0.15, 0.2) is 11.6 Å². The molecule has 0 aliphatic carbocycles. The van der Waals surface area contributed by atoms with E-state index in [1.165, 1.54) is 0 Å².